The van der Waals surface area contributed by atoms with Crippen LogP contribution in [-0.4, -0.2) is 7.11 Å². The summed E-state index contributed by atoms with van der Waals surface area (Å²) < 4.78 is 32.5. The lowest BCUT2D eigenvalue weighted by Gasteiger charge is -2.15. The SMILES string of the molecule is COc1ccc(C(Br)c2c(F)cccc2F)c(Cl)c1. The Morgan fingerprint density at radius 1 is 1.16 bits per heavy atom. The van der Waals surface area contributed by atoms with Gasteiger partial charge in [0.2, 0.25) is 0 Å². The Bertz CT molecular complexity index is 584. The third-order valence-corrected chi connectivity index (χ3v) is 4.01. The van der Waals surface area contributed by atoms with Gasteiger partial charge in [-0.1, -0.05) is 39.7 Å². The lowest BCUT2D eigenvalue weighted by molar-refractivity contribution is 0.414. The number of rotatable bonds is 3. The number of hydrogen-bond acceptors (Lipinski definition) is 1. The average molecular weight is 348 g/mol. The molecule has 2 aromatic carbocycles. The van der Waals surface area contributed by atoms with Gasteiger partial charge >= 0.3 is 0 Å². The maximum atomic E-state index is 13.7. The van der Waals surface area contributed by atoms with Crippen molar-refractivity contribution in [2.45, 2.75) is 4.83 Å². The average Bonchev–Trinajstić information content (AvgIpc) is 2.38. The van der Waals surface area contributed by atoms with E-state index in [1.807, 2.05) is 0 Å². The Hall–Kier alpha value is -1.13. The van der Waals surface area contributed by atoms with Crippen LogP contribution in [-0.2, 0) is 0 Å². The van der Waals surface area contributed by atoms with Crippen LogP contribution in [0.25, 0.3) is 0 Å². The summed E-state index contributed by atoms with van der Waals surface area (Å²) in [7, 11) is 1.52. The molecule has 0 saturated carbocycles. The van der Waals surface area contributed by atoms with Crippen molar-refractivity contribution in [1.29, 1.82) is 0 Å². The summed E-state index contributed by atoms with van der Waals surface area (Å²) >= 11 is 9.39. The van der Waals surface area contributed by atoms with Crippen LogP contribution < -0.4 is 4.74 Å². The maximum absolute atomic E-state index is 13.7. The van der Waals surface area contributed by atoms with E-state index in [0.29, 0.717) is 16.3 Å². The summed E-state index contributed by atoms with van der Waals surface area (Å²) in [4.78, 5) is -0.660. The van der Waals surface area contributed by atoms with E-state index in [9.17, 15) is 8.78 Å². The molecule has 0 saturated heterocycles. The minimum Gasteiger partial charge on any atom is -0.497 e. The van der Waals surface area contributed by atoms with Crippen molar-refractivity contribution in [3.63, 3.8) is 0 Å². The van der Waals surface area contributed by atoms with Crippen LogP contribution in [0.4, 0.5) is 8.78 Å². The Morgan fingerprint density at radius 2 is 1.79 bits per heavy atom. The highest BCUT2D eigenvalue weighted by atomic mass is 79.9. The first kappa shape index (κ1) is 14.3. The van der Waals surface area contributed by atoms with Gasteiger partial charge in [0.15, 0.2) is 0 Å². The normalized spacial score (nSPS) is 12.3. The van der Waals surface area contributed by atoms with Gasteiger partial charge in [0.25, 0.3) is 0 Å². The molecule has 0 aliphatic carbocycles. The summed E-state index contributed by atoms with van der Waals surface area (Å²) in [5.41, 5.74) is 0.515. The molecule has 5 heteroatoms. The molecule has 0 N–H and O–H groups in total. The third kappa shape index (κ3) is 2.90. The second-order valence-electron chi connectivity index (χ2n) is 3.89. The summed E-state index contributed by atoms with van der Waals surface area (Å²) in [6.07, 6.45) is 0. The fraction of sp³-hybridized carbons (Fsp3) is 0.143. The van der Waals surface area contributed by atoms with Crippen molar-refractivity contribution < 1.29 is 13.5 Å². The van der Waals surface area contributed by atoms with Gasteiger partial charge in [-0.2, -0.15) is 0 Å². The van der Waals surface area contributed by atoms with E-state index >= 15 is 0 Å². The van der Waals surface area contributed by atoms with E-state index in [4.69, 9.17) is 16.3 Å². The fourth-order valence-electron chi connectivity index (χ4n) is 1.75. The quantitative estimate of drug-likeness (QED) is 0.701. The zero-order valence-corrected chi connectivity index (χ0v) is 12.3. The van der Waals surface area contributed by atoms with Crippen molar-refractivity contribution in [3.05, 3.63) is 64.2 Å². The van der Waals surface area contributed by atoms with Gasteiger partial charge in [0.1, 0.15) is 17.4 Å². The monoisotopic (exact) mass is 346 g/mol. The Kier molecular flexibility index (Phi) is 4.42. The number of benzene rings is 2. The van der Waals surface area contributed by atoms with E-state index < -0.39 is 16.5 Å². The zero-order chi connectivity index (χ0) is 14.0. The second kappa shape index (κ2) is 5.88. The molecular formula is C14H10BrClF2O. The first-order valence-electron chi connectivity index (χ1n) is 5.46. The van der Waals surface area contributed by atoms with Crippen molar-refractivity contribution in [2.75, 3.05) is 7.11 Å². The van der Waals surface area contributed by atoms with Crippen molar-refractivity contribution >= 4 is 27.5 Å². The first-order valence-corrected chi connectivity index (χ1v) is 6.75. The fourth-order valence-corrected chi connectivity index (χ4v) is 3.00. The highest BCUT2D eigenvalue weighted by Gasteiger charge is 2.21. The molecule has 0 aliphatic heterocycles. The zero-order valence-electron chi connectivity index (χ0n) is 9.96. The van der Waals surface area contributed by atoms with Crippen LogP contribution >= 0.6 is 27.5 Å². The predicted octanol–water partition coefficient (Wildman–Crippen LogP) is 5.11. The highest BCUT2D eigenvalue weighted by Crippen LogP contribution is 2.38. The lowest BCUT2D eigenvalue weighted by atomic mass is 10.0. The molecule has 0 heterocycles. The lowest BCUT2D eigenvalue weighted by Crippen LogP contribution is -2.01. The topological polar surface area (TPSA) is 9.23 Å². The first-order chi connectivity index (χ1) is 9.04. The van der Waals surface area contributed by atoms with Gasteiger partial charge in [0, 0.05) is 10.6 Å². The Balaban J connectivity index is 2.47. The van der Waals surface area contributed by atoms with Crippen LogP contribution in [0.2, 0.25) is 5.02 Å². The van der Waals surface area contributed by atoms with Gasteiger partial charge in [-0.15, -0.1) is 0 Å². The van der Waals surface area contributed by atoms with E-state index in [-0.39, 0.29) is 5.56 Å². The van der Waals surface area contributed by atoms with Crippen LogP contribution in [0.15, 0.2) is 36.4 Å². The van der Waals surface area contributed by atoms with Gasteiger partial charge in [-0.05, 0) is 29.8 Å². The number of methoxy groups -OCH3 is 1. The van der Waals surface area contributed by atoms with Crippen LogP contribution in [0.3, 0.4) is 0 Å². The van der Waals surface area contributed by atoms with Crippen molar-refractivity contribution in [3.8, 4) is 5.75 Å². The molecule has 0 fully saturated rings. The second-order valence-corrected chi connectivity index (χ2v) is 5.21. The summed E-state index contributed by atoms with van der Waals surface area (Å²) in [6, 6.07) is 8.71. The van der Waals surface area contributed by atoms with Crippen LogP contribution in [0, 0.1) is 11.6 Å². The van der Waals surface area contributed by atoms with Crippen LogP contribution in [0.5, 0.6) is 5.75 Å². The molecule has 1 nitrogen and oxygen atoms in total. The van der Waals surface area contributed by atoms with E-state index in [1.165, 1.54) is 25.3 Å². The maximum Gasteiger partial charge on any atom is 0.130 e. The summed E-state index contributed by atoms with van der Waals surface area (Å²) in [5, 5.41) is 0.379. The molecule has 1 atom stereocenters. The van der Waals surface area contributed by atoms with E-state index in [1.54, 1.807) is 18.2 Å². The van der Waals surface area contributed by atoms with Crippen molar-refractivity contribution in [2.24, 2.45) is 0 Å². The van der Waals surface area contributed by atoms with Gasteiger partial charge < -0.3 is 4.74 Å². The minimum absolute atomic E-state index is 0.0606. The summed E-state index contributed by atoms with van der Waals surface area (Å²) in [5.74, 6) is -0.648. The standard InChI is InChI=1S/C14H10BrClF2O/c1-19-8-5-6-9(10(16)7-8)14(15)13-11(17)3-2-4-12(13)18/h2-7,14H,1H3. The number of halogens is 4. The van der Waals surface area contributed by atoms with Crippen LogP contribution in [0.1, 0.15) is 16.0 Å². The van der Waals surface area contributed by atoms with E-state index in [2.05, 4.69) is 15.9 Å². The molecule has 0 amide bonds. The molecule has 2 rings (SSSR count). The molecule has 0 aliphatic rings. The minimum atomic E-state index is -0.660. The number of hydrogen-bond donors (Lipinski definition) is 0. The molecule has 0 bridgehead atoms. The highest BCUT2D eigenvalue weighted by molar-refractivity contribution is 9.09. The Morgan fingerprint density at radius 3 is 2.32 bits per heavy atom. The molecule has 0 radical (unpaired) electrons. The molecule has 2 aromatic rings. The summed E-state index contributed by atoms with van der Waals surface area (Å²) in [6.45, 7) is 0. The van der Waals surface area contributed by atoms with Gasteiger partial charge in [-0.3, -0.25) is 0 Å². The molecular weight excluding hydrogens is 338 g/mol. The third-order valence-electron chi connectivity index (χ3n) is 2.73. The molecule has 0 spiro atoms. The number of alkyl halides is 1. The van der Waals surface area contributed by atoms with Crippen molar-refractivity contribution in [1.82, 2.24) is 0 Å². The molecule has 1 unspecified atom stereocenters. The van der Waals surface area contributed by atoms with E-state index in [0.717, 1.165) is 0 Å². The van der Waals surface area contributed by atoms with Gasteiger partial charge in [-0.25, -0.2) is 8.78 Å². The number of ether oxygens (including phenoxy) is 1. The smallest absolute Gasteiger partial charge is 0.130 e. The molecule has 19 heavy (non-hydrogen) atoms. The molecule has 0 aromatic heterocycles. The largest absolute Gasteiger partial charge is 0.497 e. The predicted molar refractivity (Wildman–Crippen MR) is 75.1 cm³/mol. The molecule has 100 valence electrons. The Labute approximate surface area is 123 Å². The van der Waals surface area contributed by atoms with Gasteiger partial charge in [0.05, 0.1) is 11.9 Å².